The summed E-state index contributed by atoms with van der Waals surface area (Å²) >= 11 is 0. The number of aromatic hydroxyl groups is 1. The van der Waals surface area contributed by atoms with Gasteiger partial charge in [0.1, 0.15) is 11.3 Å². The van der Waals surface area contributed by atoms with Crippen LogP contribution in [0.25, 0.3) is 0 Å². The molecule has 0 aliphatic heterocycles. The van der Waals surface area contributed by atoms with E-state index in [0.29, 0.717) is 6.42 Å². The van der Waals surface area contributed by atoms with Crippen LogP contribution in [-0.2, 0) is 4.74 Å². The molecule has 4 heteroatoms. The molecule has 18 heavy (non-hydrogen) atoms. The van der Waals surface area contributed by atoms with E-state index in [1.807, 2.05) is 0 Å². The fourth-order valence-electron chi connectivity index (χ4n) is 1.71. The number of unbranched alkanes of at least 4 members (excludes halogenated alkanes) is 2. The molecule has 1 rings (SSSR count). The number of ether oxygens (including phenoxy) is 1. The van der Waals surface area contributed by atoms with Gasteiger partial charge in [-0.05, 0) is 18.6 Å². The average molecular weight is 250 g/mol. The lowest BCUT2D eigenvalue weighted by Gasteiger charge is -2.07. The lowest BCUT2D eigenvalue weighted by Crippen LogP contribution is -2.06. The molecule has 0 aliphatic rings. The SMILES string of the molecule is CCCCCC(=O)c1cccc(C(=O)OC)c1O. The Morgan fingerprint density at radius 3 is 2.50 bits per heavy atom. The van der Waals surface area contributed by atoms with Gasteiger partial charge in [-0.1, -0.05) is 25.8 Å². The van der Waals surface area contributed by atoms with Gasteiger partial charge in [0.25, 0.3) is 0 Å². The van der Waals surface area contributed by atoms with Gasteiger partial charge >= 0.3 is 5.97 Å². The fourth-order valence-corrected chi connectivity index (χ4v) is 1.71. The molecule has 0 unspecified atom stereocenters. The van der Waals surface area contributed by atoms with Gasteiger partial charge in [-0.2, -0.15) is 0 Å². The maximum atomic E-state index is 11.9. The largest absolute Gasteiger partial charge is 0.506 e. The summed E-state index contributed by atoms with van der Waals surface area (Å²) < 4.78 is 4.54. The zero-order valence-corrected chi connectivity index (χ0v) is 10.7. The fraction of sp³-hybridized carbons (Fsp3) is 0.429. The molecule has 0 saturated heterocycles. The molecule has 4 nitrogen and oxygen atoms in total. The van der Waals surface area contributed by atoms with Crippen molar-refractivity contribution in [2.45, 2.75) is 32.6 Å². The second kappa shape index (κ2) is 6.79. The quantitative estimate of drug-likeness (QED) is 0.479. The molecule has 0 amide bonds. The van der Waals surface area contributed by atoms with Crippen molar-refractivity contribution in [3.63, 3.8) is 0 Å². The Hall–Kier alpha value is -1.84. The van der Waals surface area contributed by atoms with Crippen LogP contribution in [-0.4, -0.2) is 24.0 Å². The van der Waals surface area contributed by atoms with Gasteiger partial charge in [-0.25, -0.2) is 4.79 Å². The molecule has 0 atom stereocenters. The second-order valence-electron chi connectivity index (χ2n) is 4.07. The Balaban J connectivity index is 2.89. The van der Waals surface area contributed by atoms with Crippen molar-refractivity contribution in [1.82, 2.24) is 0 Å². The number of carbonyl (C=O) groups excluding carboxylic acids is 2. The van der Waals surface area contributed by atoms with Crippen LogP contribution in [0.15, 0.2) is 18.2 Å². The normalized spacial score (nSPS) is 10.1. The Labute approximate surface area is 107 Å². The van der Waals surface area contributed by atoms with Gasteiger partial charge in [0.2, 0.25) is 0 Å². The molecule has 0 aliphatic carbocycles. The minimum absolute atomic E-state index is 0.0267. The van der Waals surface area contributed by atoms with E-state index in [1.165, 1.54) is 19.2 Å². The number of hydrogen-bond acceptors (Lipinski definition) is 4. The zero-order valence-electron chi connectivity index (χ0n) is 10.7. The summed E-state index contributed by atoms with van der Waals surface area (Å²) in [4.78, 5) is 23.3. The van der Waals surface area contributed by atoms with Gasteiger partial charge < -0.3 is 9.84 Å². The van der Waals surface area contributed by atoms with Gasteiger partial charge in [0.15, 0.2) is 5.78 Å². The molecule has 1 aromatic rings. The predicted octanol–water partition coefficient (Wildman–Crippen LogP) is 2.94. The van der Waals surface area contributed by atoms with E-state index in [0.717, 1.165) is 19.3 Å². The number of esters is 1. The highest BCUT2D eigenvalue weighted by atomic mass is 16.5. The van der Waals surface area contributed by atoms with Crippen LogP contribution in [0.5, 0.6) is 5.75 Å². The molecule has 1 aromatic carbocycles. The third kappa shape index (κ3) is 3.32. The molecule has 0 spiro atoms. The topological polar surface area (TPSA) is 63.6 Å². The molecule has 1 N–H and O–H groups in total. The molecule has 0 aromatic heterocycles. The van der Waals surface area contributed by atoms with E-state index < -0.39 is 5.97 Å². The van der Waals surface area contributed by atoms with Crippen molar-refractivity contribution in [2.75, 3.05) is 7.11 Å². The first-order chi connectivity index (χ1) is 8.61. The number of phenolic OH excluding ortho intramolecular Hbond substituents is 1. The summed E-state index contributed by atoms with van der Waals surface area (Å²) in [6.07, 6.45) is 3.17. The van der Waals surface area contributed by atoms with Crippen molar-refractivity contribution in [3.05, 3.63) is 29.3 Å². The summed E-state index contributed by atoms with van der Waals surface area (Å²) in [5.74, 6) is -1.08. The minimum atomic E-state index is -0.643. The highest BCUT2D eigenvalue weighted by molar-refractivity contribution is 6.03. The Morgan fingerprint density at radius 1 is 1.22 bits per heavy atom. The molecule has 0 saturated carbocycles. The summed E-state index contributed by atoms with van der Waals surface area (Å²) in [5, 5.41) is 9.90. The van der Waals surface area contributed by atoms with Crippen molar-refractivity contribution in [1.29, 1.82) is 0 Å². The number of carbonyl (C=O) groups is 2. The van der Waals surface area contributed by atoms with E-state index in [4.69, 9.17) is 0 Å². The second-order valence-corrected chi connectivity index (χ2v) is 4.07. The maximum absolute atomic E-state index is 11.9. The number of hydrogen-bond donors (Lipinski definition) is 1. The molecule has 0 radical (unpaired) electrons. The summed E-state index contributed by atoms with van der Waals surface area (Å²) in [6.45, 7) is 2.06. The number of para-hydroxylation sites is 1. The van der Waals surface area contributed by atoms with Crippen molar-refractivity contribution in [3.8, 4) is 5.75 Å². The monoisotopic (exact) mass is 250 g/mol. The van der Waals surface area contributed by atoms with Crippen LogP contribution >= 0.6 is 0 Å². The molecular weight excluding hydrogens is 232 g/mol. The number of methoxy groups -OCH3 is 1. The van der Waals surface area contributed by atoms with Gasteiger partial charge in [0, 0.05) is 6.42 Å². The first-order valence-corrected chi connectivity index (χ1v) is 6.05. The molecular formula is C14H18O4. The highest BCUT2D eigenvalue weighted by Gasteiger charge is 2.18. The Kier molecular flexibility index (Phi) is 5.36. The van der Waals surface area contributed by atoms with E-state index in [1.54, 1.807) is 6.07 Å². The van der Waals surface area contributed by atoms with Crippen LogP contribution in [0.1, 0.15) is 53.3 Å². The van der Waals surface area contributed by atoms with E-state index in [2.05, 4.69) is 11.7 Å². The van der Waals surface area contributed by atoms with Gasteiger partial charge in [-0.3, -0.25) is 4.79 Å². The average Bonchev–Trinajstić information content (AvgIpc) is 2.38. The highest BCUT2D eigenvalue weighted by Crippen LogP contribution is 2.25. The summed E-state index contributed by atoms with van der Waals surface area (Å²) in [7, 11) is 1.23. The predicted molar refractivity (Wildman–Crippen MR) is 67.9 cm³/mol. The zero-order chi connectivity index (χ0) is 13.5. The maximum Gasteiger partial charge on any atom is 0.341 e. The van der Waals surface area contributed by atoms with Gasteiger partial charge in [0.05, 0.1) is 12.7 Å². The molecule has 98 valence electrons. The van der Waals surface area contributed by atoms with E-state index in [-0.39, 0.29) is 22.7 Å². The Bertz CT molecular complexity index is 437. The smallest absolute Gasteiger partial charge is 0.341 e. The molecule has 0 bridgehead atoms. The van der Waals surface area contributed by atoms with Crippen LogP contribution < -0.4 is 0 Å². The third-order valence-corrected chi connectivity index (χ3v) is 2.75. The first kappa shape index (κ1) is 14.2. The van der Waals surface area contributed by atoms with Crippen LogP contribution in [0, 0.1) is 0 Å². The minimum Gasteiger partial charge on any atom is -0.506 e. The number of benzene rings is 1. The summed E-state index contributed by atoms with van der Waals surface area (Å²) in [6, 6.07) is 4.53. The van der Waals surface area contributed by atoms with Crippen molar-refractivity contribution < 1.29 is 19.4 Å². The number of phenols is 1. The summed E-state index contributed by atoms with van der Waals surface area (Å²) in [5.41, 5.74) is 0.216. The van der Waals surface area contributed by atoms with Crippen LogP contribution in [0.3, 0.4) is 0 Å². The van der Waals surface area contributed by atoms with E-state index >= 15 is 0 Å². The number of rotatable bonds is 6. The Morgan fingerprint density at radius 2 is 1.89 bits per heavy atom. The number of ketones is 1. The number of Topliss-reactive ketones (excluding diaryl/α,β-unsaturated/α-hetero) is 1. The molecule has 0 heterocycles. The van der Waals surface area contributed by atoms with E-state index in [9.17, 15) is 14.7 Å². The van der Waals surface area contributed by atoms with Crippen LogP contribution in [0.4, 0.5) is 0 Å². The van der Waals surface area contributed by atoms with Gasteiger partial charge in [-0.15, -0.1) is 0 Å². The standard InChI is InChI=1S/C14H18O4/c1-3-4-5-9-12(15)10-7-6-8-11(13(10)16)14(17)18-2/h6-8,16H,3-5,9H2,1-2H3. The third-order valence-electron chi connectivity index (χ3n) is 2.75. The van der Waals surface area contributed by atoms with Crippen molar-refractivity contribution in [2.24, 2.45) is 0 Å². The lowest BCUT2D eigenvalue weighted by atomic mass is 10.0. The first-order valence-electron chi connectivity index (χ1n) is 6.05. The van der Waals surface area contributed by atoms with Crippen molar-refractivity contribution >= 4 is 11.8 Å². The lowest BCUT2D eigenvalue weighted by molar-refractivity contribution is 0.0597. The van der Waals surface area contributed by atoms with Crippen LogP contribution in [0.2, 0.25) is 0 Å². The molecule has 0 fully saturated rings.